The topological polar surface area (TPSA) is 21.3 Å². The minimum atomic E-state index is 0.391. The highest BCUT2D eigenvalue weighted by Gasteiger charge is 2.13. The highest BCUT2D eigenvalue weighted by Crippen LogP contribution is 2.28. The van der Waals surface area contributed by atoms with E-state index in [2.05, 4.69) is 80.7 Å². The van der Waals surface area contributed by atoms with Crippen LogP contribution in [0.1, 0.15) is 63.1 Å². The predicted octanol–water partition coefficient (Wildman–Crippen LogP) is 5.96. The Labute approximate surface area is 153 Å². The predicted molar refractivity (Wildman–Crippen MR) is 107 cm³/mol. The lowest BCUT2D eigenvalue weighted by Gasteiger charge is -2.21. The number of hydrogen-bond donors (Lipinski definition) is 1. The molecule has 1 N–H and O–H groups in total. The molecule has 0 aliphatic heterocycles. The average molecular weight is 340 g/mol. The number of nitrogens with one attached hydrogen (secondary N) is 1. The van der Waals surface area contributed by atoms with Crippen LogP contribution in [-0.2, 0) is 0 Å². The van der Waals surface area contributed by atoms with Gasteiger partial charge in [0.15, 0.2) is 0 Å². The first-order valence-corrected chi connectivity index (χ1v) is 9.52. The normalized spacial score (nSPS) is 13.6. The van der Waals surface area contributed by atoms with E-state index in [-0.39, 0.29) is 0 Å². The molecule has 2 rings (SSSR count). The van der Waals surface area contributed by atoms with Gasteiger partial charge in [0, 0.05) is 6.04 Å². The quantitative estimate of drug-likeness (QED) is 0.577. The summed E-state index contributed by atoms with van der Waals surface area (Å²) in [5, 5.41) is 3.68. The molecule has 0 unspecified atom stereocenters. The zero-order chi connectivity index (χ0) is 18.1. The van der Waals surface area contributed by atoms with E-state index in [4.69, 9.17) is 4.74 Å². The number of rotatable bonds is 10. The highest BCUT2D eigenvalue weighted by atomic mass is 16.5. The Morgan fingerprint density at radius 1 is 0.800 bits per heavy atom. The summed E-state index contributed by atoms with van der Waals surface area (Å²) in [5.41, 5.74) is 2.78. The standard InChI is InChI=1S/C23H33NO/c1-18(2)10-11-22(21-12-14-23(25-4)15-13-21)16-17-24-19(3)20-8-6-5-7-9-20/h5-9,12-15,18-19,22,24H,10-11,16-17H2,1-4H3/t19-,22+/m0/s1. The summed E-state index contributed by atoms with van der Waals surface area (Å²) in [4.78, 5) is 0. The smallest absolute Gasteiger partial charge is 0.118 e. The number of hydrogen-bond acceptors (Lipinski definition) is 2. The molecule has 2 atom stereocenters. The van der Waals surface area contributed by atoms with Crippen molar-refractivity contribution < 1.29 is 4.74 Å². The van der Waals surface area contributed by atoms with Gasteiger partial charge in [-0.1, -0.05) is 62.7 Å². The lowest BCUT2D eigenvalue weighted by atomic mass is 9.88. The molecule has 0 bridgehead atoms. The first kappa shape index (κ1) is 19.5. The molecule has 2 heteroatoms. The Morgan fingerprint density at radius 3 is 2.08 bits per heavy atom. The van der Waals surface area contributed by atoms with Gasteiger partial charge in [-0.3, -0.25) is 0 Å². The van der Waals surface area contributed by atoms with Crippen LogP contribution in [0.25, 0.3) is 0 Å². The van der Waals surface area contributed by atoms with E-state index in [0.29, 0.717) is 12.0 Å². The van der Waals surface area contributed by atoms with Crippen LogP contribution in [0.15, 0.2) is 54.6 Å². The van der Waals surface area contributed by atoms with E-state index in [1.807, 2.05) is 0 Å². The van der Waals surface area contributed by atoms with E-state index >= 15 is 0 Å². The Hall–Kier alpha value is -1.80. The van der Waals surface area contributed by atoms with E-state index in [9.17, 15) is 0 Å². The minimum Gasteiger partial charge on any atom is -0.497 e. The molecule has 2 nitrogen and oxygen atoms in total. The van der Waals surface area contributed by atoms with E-state index in [0.717, 1.165) is 24.6 Å². The van der Waals surface area contributed by atoms with Crippen molar-refractivity contribution in [1.29, 1.82) is 0 Å². The zero-order valence-electron chi connectivity index (χ0n) is 16.2. The molecular formula is C23H33NO. The summed E-state index contributed by atoms with van der Waals surface area (Å²) >= 11 is 0. The summed E-state index contributed by atoms with van der Waals surface area (Å²) < 4.78 is 5.30. The maximum Gasteiger partial charge on any atom is 0.118 e. The first-order chi connectivity index (χ1) is 12.1. The van der Waals surface area contributed by atoms with Crippen molar-refractivity contribution in [2.45, 2.75) is 52.0 Å². The number of ether oxygens (including phenoxy) is 1. The Morgan fingerprint density at radius 2 is 1.48 bits per heavy atom. The van der Waals surface area contributed by atoms with Crippen molar-refractivity contribution in [3.05, 3.63) is 65.7 Å². The summed E-state index contributed by atoms with van der Waals surface area (Å²) in [6.45, 7) is 7.89. The fourth-order valence-corrected chi connectivity index (χ4v) is 3.22. The average Bonchev–Trinajstić information content (AvgIpc) is 2.65. The molecule has 0 aliphatic carbocycles. The van der Waals surface area contributed by atoms with Crippen LogP contribution >= 0.6 is 0 Å². The third kappa shape index (κ3) is 6.55. The third-order valence-corrected chi connectivity index (χ3v) is 4.92. The van der Waals surface area contributed by atoms with Crippen LogP contribution in [0.2, 0.25) is 0 Å². The van der Waals surface area contributed by atoms with E-state index < -0.39 is 0 Å². The molecule has 2 aromatic rings. The second kappa shape index (κ2) is 10.2. The molecule has 0 amide bonds. The molecule has 25 heavy (non-hydrogen) atoms. The van der Waals surface area contributed by atoms with Crippen LogP contribution in [0.3, 0.4) is 0 Å². The van der Waals surface area contributed by atoms with Crippen LogP contribution in [0.5, 0.6) is 5.75 Å². The van der Waals surface area contributed by atoms with Crippen molar-refractivity contribution in [2.24, 2.45) is 5.92 Å². The summed E-state index contributed by atoms with van der Waals surface area (Å²) in [7, 11) is 1.72. The number of benzene rings is 2. The van der Waals surface area contributed by atoms with Crippen LogP contribution < -0.4 is 10.1 Å². The van der Waals surface area contributed by atoms with E-state index in [1.54, 1.807) is 7.11 Å². The molecule has 0 spiro atoms. The highest BCUT2D eigenvalue weighted by molar-refractivity contribution is 5.29. The lowest BCUT2D eigenvalue weighted by molar-refractivity contribution is 0.414. The molecule has 0 aromatic heterocycles. The van der Waals surface area contributed by atoms with Gasteiger partial charge in [0.2, 0.25) is 0 Å². The van der Waals surface area contributed by atoms with Crippen LogP contribution in [0.4, 0.5) is 0 Å². The van der Waals surface area contributed by atoms with Gasteiger partial charge in [-0.15, -0.1) is 0 Å². The maximum atomic E-state index is 5.30. The van der Waals surface area contributed by atoms with Gasteiger partial charge >= 0.3 is 0 Å². The Balaban J connectivity index is 1.93. The van der Waals surface area contributed by atoms with Crippen molar-refractivity contribution in [1.82, 2.24) is 5.32 Å². The summed E-state index contributed by atoms with van der Waals surface area (Å²) in [5.74, 6) is 2.28. The van der Waals surface area contributed by atoms with Gasteiger partial charge in [-0.2, -0.15) is 0 Å². The third-order valence-electron chi connectivity index (χ3n) is 4.92. The summed E-state index contributed by atoms with van der Waals surface area (Å²) in [6, 6.07) is 19.7. The molecule has 2 aromatic carbocycles. The van der Waals surface area contributed by atoms with Crippen molar-refractivity contribution in [2.75, 3.05) is 13.7 Å². The minimum absolute atomic E-state index is 0.391. The van der Waals surface area contributed by atoms with Crippen molar-refractivity contribution >= 4 is 0 Å². The van der Waals surface area contributed by atoms with Gasteiger partial charge in [0.25, 0.3) is 0 Å². The molecular weight excluding hydrogens is 306 g/mol. The Bertz CT molecular complexity index is 591. The lowest BCUT2D eigenvalue weighted by Crippen LogP contribution is -2.21. The fraction of sp³-hybridized carbons (Fsp3) is 0.478. The fourth-order valence-electron chi connectivity index (χ4n) is 3.22. The van der Waals surface area contributed by atoms with Gasteiger partial charge in [0.1, 0.15) is 5.75 Å². The van der Waals surface area contributed by atoms with Gasteiger partial charge in [-0.05, 0) is 61.4 Å². The summed E-state index contributed by atoms with van der Waals surface area (Å²) in [6.07, 6.45) is 3.67. The van der Waals surface area contributed by atoms with Crippen LogP contribution in [0, 0.1) is 5.92 Å². The molecule has 0 saturated heterocycles. The molecule has 0 saturated carbocycles. The Kier molecular flexibility index (Phi) is 8.00. The van der Waals surface area contributed by atoms with Crippen molar-refractivity contribution in [3.8, 4) is 5.75 Å². The molecule has 0 radical (unpaired) electrons. The maximum absolute atomic E-state index is 5.30. The second-order valence-corrected chi connectivity index (χ2v) is 7.32. The number of methoxy groups -OCH3 is 1. The molecule has 136 valence electrons. The molecule has 0 fully saturated rings. The van der Waals surface area contributed by atoms with Crippen LogP contribution in [-0.4, -0.2) is 13.7 Å². The van der Waals surface area contributed by atoms with E-state index in [1.165, 1.54) is 24.0 Å². The monoisotopic (exact) mass is 339 g/mol. The molecule has 0 heterocycles. The largest absolute Gasteiger partial charge is 0.497 e. The second-order valence-electron chi connectivity index (χ2n) is 7.32. The van der Waals surface area contributed by atoms with Gasteiger partial charge < -0.3 is 10.1 Å². The molecule has 0 aliphatic rings. The van der Waals surface area contributed by atoms with Crippen molar-refractivity contribution in [3.63, 3.8) is 0 Å². The SMILES string of the molecule is COc1ccc([C@@H](CCN[C@@H](C)c2ccccc2)CCC(C)C)cc1. The zero-order valence-corrected chi connectivity index (χ0v) is 16.2. The van der Waals surface area contributed by atoms with Gasteiger partial charge in [-0.25, -0.2) is 0 Å². The first-order valence-electron chi connectivity index (χ1n) is 9.52. The van der Waals surface area contributed by atoms with Gasteiger partial charge in [0.05, 0.1) is 7.11 Å².